The number of nitrogens with one attached hydrogen (secondary N) is 1. The van der Waals surface area contributed by atoms with E-state index in [1.165, 1.54) is 11.3 Å². The van der Waals surface area contributed by atoms with Gasteiger partial charge < -0.3 is 10.2 Å². The molecule has 0 aliphatic heterocycles. The lowest BCUT2D eigenvalue weighted by Gasteiger charge is -2.23. The predicted molar refractivity (Wildman–Crippen MR) is 67.0 cm³/mol. The number of hydrogen-bond acceptors (Lipinski definition) is 4. The van der Waals surface area contributed by atoms with E-state index in [1.807, 2.05) is 13.8 Å². The van der Waals surface area contributed by atoms with Gasteiger partial charge in [-0.2, -0.15) is 0 Å². The average Bonchev–Trinajstić information content (AvgIpc) is 2.83. The van der Waals surface area contributed by atoms with Crippen LogP contribution in [0.25, 0.3) is 0 Å². The van der Waals surface area contributed by atoms with Crippen LogP contribution >= 0.6 is 11.3 Å². The summed E-state index contributed by atoms with van der Waals surface area (Å²) in [6, 6.07) is -0.524. The molecular formula is C11H17N3O2S. The maximum Gasteiger partial charge on any atom is 0.271 e. The Kier molecular flexibility index (Phi) is 5.09. The van der Waals surface area contributed by atoms with E-state index in [0.717, 1.165) is 0 Å². The molecule has 2 amide bonds. The molecule has 0 bridgehead atoms. The minimum absolute atomic E-state index is 0.0708. The number of amides is 2. The Morgan fingerprint density at radius 2 is 2.12 bits per heavy atom. The van der Waals surface area contributed by atoms with E-state index in [0.29, 0.717) is 18.8 Å². The molecule has 0 aliphatic carbocycles. The van der Waals surface area contributed by atoms with Crippen molar-refractivity contribution in [2.75, 3.05) is 13.1 Å². The largest absolute Gasteiger partial charge is 0.341 e. The topological polar surface area (TPSA) is 62.3 Å². The second kappa shape index (κ2) is 6.34. The molecule has 0 aliphatic rings. The van der Waals surface area contributed by atoms with Gasteiger partial charge in [-0.25, -0.2) is 4.98 Å². The van der Waals surface area contributed by atoms with Crippen molar-refractivity contribution in [3.05, 3.63) is 16.6 Å². The molecule has 1 heterocycles. The van der Waals surface area contributed by atoms with Crippen LogP contribution in [0.4, 0.5) is 0 Å². The number of rotatable bonds is 5. The smallest absolute Gasteiger partial charge is 0.271 e. The summed E-state index contributed by atoms with van der Waals surface area (Å²) in [7, 11) is 0. The third-order valence-corrected chi connectivity index (χ3v) is 3.04. The summed E-state index contributed by atoms with van der Waals surface area (Å²) in [4.78, 5) is 29.2. The van der Waals surface area contributed by atoms with Crippen molar-refractivity contribution >= 4 is 23.2 Å². The average molecular weight is 255 g/mol. The van der Waals surface area contributed by atoms with Crippen LogP contribution in [0.2, 0.25) is 0 Å². The lowest BCUT2D eigenvalue weighted by atomic mass is 10.2. The first-order valence-electron chi connectivity index (χ1n) is 5.58. The van der Waals surface area contributed by atoms with Gasteiger partial charge >= 0.3 is 0 Å². The number of thiazole rings is 1. The fraction of sp³-hybridized carbons (Fsp3) is 0.545. The van der Waals surface area contributed by atoms with Gasteiger partial charge in [-0.05, 0) is 20.8 Å². The summed E-state index contributed by atoms with van der Waals surface area (Å²) in [5, 5.41) is 4.30. The molecular weight excluding hydrogens is 238 g/mol. The van der Waals surface area contributed by atoms with Crippen LogP contribution in [0.3, 0.4) is 0 Å². The lowest BCUT2D eigenvalue weighted by Crippen LogP contribution is -2.46. The Hall–Kier alpha value is -1.43. The van der Waals surface area contributed by atoms with Crippen molar-refractivity contribution in [2.45, 2.75) is 26.8 Å². The molecule has 1 aromatic rings. The molecule has 17 heavy (non-hydrogen) atoms. The van der Waals surface area contributed by atoms with Crippen LogP contribution < -0.4 is 5.32 Å². The Balaban J connectivity index is 2.57. The Morgan fingerprint density at radius 1 is 1.47 bits per heavy atom. The molecule has 1 rings (SSSR count). The number of aromatic nitrogens is 1. The molecule has 5 nitrogen and oxygen atoms in total. The fourth-order valence-corrected chi connectivity index (χ4v) is 2.00. The quantitative estimate of drug-likeness (QED) is 0.858. The summed E-state index contributed by atoms with van der Waals surface area (Å²) in [6.45, 7) is 6.80. The first-order valence-corrected chi connectivity index (χ1v) is 6.52. The van der Waals surface area contributed by atoms with Crippen LogP contribution in [0.15, 0.2) is 10.9 Å². The van der Waals surface area contributed by atoms with Gasteiger partial charge in [0.15, 0.2) is 0 Å². The second-order valence-electron chi connectivity index (χ2n) is 3.58. The summed E-state index contributed by atoms with van der Waals surface area (Å²) in [5.41, 5.74) is 1.94. The third-order valence-electron chi connectivity index (χ3n) is 2.46. The number of carbonyl (C=O) groups is 2. The van der Waals surface area contributed by atoms with E-state index in [-0.39, 0.29) is 11.8 Å². The SMILES string of the molecule is CCN(CC)C(=O)C(C)NC(=O)c1cscn1. The number of hydrogen-bond donors (Lipinski definition) is 1. The maximum absolute atomic E-state index is 11.9. The van der Waals surface area contributed by atoms with Gasteiger partial charge in [-0.3, -0.25) is 9.59 Å². The minimum Gasteiger partial charge on any atom is -0.341 e. The summed E-state index contributed by atoms with van der Waals surface area (Å²) in [6.07, 6.45) is 0. The van der Waals surface area contributed by atoms with Crippen molar-refractivity contribution in [1.29, 1.82) is 0 Å². The molecule has 1 unspecified atom stereocenters. The van der Waals surface area contributed by atoms with Crippen molar-refractivity contribution in [3.8, 4) is 0 Å². The van der Waals surface area contributed by atoms with E-state index >= 15 is 0 Å². The Bertz CT molecular complexity index is 374. The highest BCUT2D eigenvalue weighted by atomic mass is 32.1. The summed E-state index contributed by atoms with van der Waals surface area (Å²) in [5.74, 6) is -0.377. The van der Waals surface area contributed by atoms with Crippen molar-refractivity contribution < 1.29 is 9.59 Å². The molecule has 0 saturated carbocycles. The van der Waals surface area contributed by atoms with Crippen molar-refractivity contribution in [3.63, 3.8) is 0 Å². The minimum atomic E-state index is -0.524. The monoisotopic (exact) mass is 255 g/mol. The van der Waals surface area contributed by atoms with Gasteiger partial charge in [0.05, 0.1) is 5.51 Å². The van der Waals surface area contributed by atoms with Crippen LogP contribution in [-0.4, -0.2) is 40.8 Å². The number of likely N-dealkylation sites (N-methyl/N-ethyl adjacent to an activating group) is 1. The first-order chi connectivity index (χ1) is 8.10. The van der Waals surface area contributed by atoms with Gasteiger partial charge in [0.25, 0.3) is 5.91 Å². The van der Waals surface area contributed by atoms with E-state index in [9.17, 15) is 9.59 Å². The number of nitrogens with zero attached hydrogens (tertiary/aromatic N) is 2. The fourth-order valence-electron chi connectivity index (χ4n) is 1.47. The first kappa shape index (κ1) is 13.6. The zero-order valence-corrected chi connectivity index (χ0v) is 11.1. The Labute approximate surface area is 105 Å². The second-order valence-corrected chi connectivity index (χ2v) is 4.30. The van der Waals surface area contributed by atoms with Crippen LogP contribution in [0, 0.1) is 0 Å². The van der Waals surface area contributed by atoms with Gasteiger partial charge in [0.2, 0.25) is 5.91 Å². The molecule has 0 saturated heterocycles. The van der Waals surface area contributed by atoms with Gasteiger partial charge in [0, 0.05) is 18.5 Å². The molecule has 94 valence electrons. The summed E-state index contributed by atoms with van der Waals surface area (Å²) < 4.78 is 0. The zero-order chi connectivity index (χ0) is 12.8. The highest BCUT2D eigenvalue weighted by Crippen LogP contribution is 2.02. The highest BCUT2D eigenvalue weighted by molar-refractivity contribution is 7.07. The third kappa shape index (κ3) is 3.52. The van der Waals surface area contributed by atoms with E-state index < -0.39 is 6.04 Å². The zero-order valence-electron chi connectivity index (χ0n) is 10.3. The van der Waals surface area contributed by atoms with E-state index in [1.54, 1.807) is 22.7 Å². The molecule has 0 aromatic carbocycles. The van der Waals surface area contributed by atoms with Crippen molar-refractivity contribution in [2.24, 2.45) is 0 Å². The van der Waals surface area contributed by atoms with E-state index in [2.05, 4.69) is 10.3 Å². The maximum atomic E-state index is 11.9. The van der Waals surface area contributed by atoms with Crippen LogP contribution in [0.1, 0.15) is 31.3 Å². The lowest BCUT2D eigenvalue weighted by molar-refractivity contribution is -0.132. The van der Waals surface area contributed by atoms with Crippen LogP contribution in [0.5, 0.6) is 0 Å². The summed E-state index contributed by atoms with van der Waals surface area (Å²) >= 11 is 1.35. The van der Waals surface area contributed by atoms with Gasteiger partial charge in [-0.15, -0.1) is 11.3 Å². The molecule has 1 N–H and O–H groups in total. The predicted octanol–water partition coefficient (Wildman–Crippen LogP) is 1.13. The molecule has 0 spiro atoms. The van der Waals surface area contributed by atoms with Crippen LogP contribution in [-0.2, 0) is 4.79 Å². The van der Waals surface area contributed by atoms with Gasteiger partial charge in [-0.1, -0.05) is 0 Å². The molecule has 0 fully saturated rings. The normalized spacial score (nSPS) is 11.9. The molecule has 6 heteroatoms. The highest BCUT2D eigenvalue weighted by Gasteiger charge is 2.20. The molecule has 1 aromatic heterocycles. The number of carbonyl (C=O) groups excluding carboxylic acids is 2. The molecule has 1 atom stereocenters. The van der Waals surface area contributed by atoms with Gasteiger partial charge in [0.1, 0.15) is 11.7 Å². The Morgan fingerprint density at radius 3 is 2.59 bits per heavy atom. The standard InChI is InChI=1S/C11H17N3O2S/c1-4-14(5-2)11(16)8(3)13-10(15)9-6-17-7-12-9/h6-8H,4-5H2,1-3H3,(H,13,15). The van der Waals surface area contributed by atoms with Crippen molar-refractivity contribution in [1.82, 2.24) is 15.2 Å². The van der Waals surface area contributed by atoms with E-state index in [4.69, 9.17) is 0 Å². The molecule has 0 radical (unpaired) electrons.